The van der Waals surface area contributed by atoms with Gasteiger partial charge >= 0.3 is 0 Å². The summed E-state index contributed by atoms with van der Waals surface area (Å²) in [4.78, 5) is 0. The van der Waals surface area contributed by atoms with Gasteiger partial charge in [0.2, 0.25) is 6.23 Å². The topological polar surface area (TPSA) is 34.1 Å². The number of halogens is 1. The van der Waals surface area contributed by atoms with E-state index in [9.17, 15) is 4.39 Å². The number of hydrazone groups is 1. The van der Waals surface area contributed by atoms with Crippen LogP contribution in [0.2, 0.25) is 0 Å². The van der Waals surface area contributed by atoms with Crippen LogP contribution in [0.4, 0.5) is 4.39 Å². The molecular formula is C25H23FN2O2. The van der Waals surface area contributed by atoms with Crippen LogP contribution in [0.3, 0.4) is 0 Å². The summed E-state index contributed by atoms with van der Waals surface area (Å²) in [5, 5.41) is 6.94. The Morgan fingerprint density at radius 1 is 1.00 bits per heavy atom. The van der Waals surface area contributed by atoms with E-state index in [0.29, 0.717) is 0 Å². The van der Waals surface area contributed by atoms with Crippen molar-refractivity contribution in [1.29, 1.82) is 0 Å². The van der Waals surface area contributed by atoms with Gasteiger partial charge in [0, 0.05) is 17.5 Å². The summed E-state index contributed by atoms with van der Waals surface area (Å²) in [6.07, 6.45) is 0.521. The van der Waals surface area contributed by atoms with Crippen LogP contribution in [0.5, 0.6) is 11.5 Å². The zero-order chi connectivity index (χ0) is 20.7. The van der Waals surface area contributed by atoms with Crippen LogP contribution in [-0.2, 0) is 0 Å². The molecule has 3 aromatic carbocycles. The van der Waals surface area contributed by atoms with E-state index in [1.807, 2.05) is 49.2 Å². The standard InChI is InChI=1S/C25H23FN2O2/c1-16(2)29-20-13-9-17(10-14-20)22-15-23-21-5-3-4-6-24(21)30-25(28(23)27-22)18-7-11-19(26)12-8-18/h3-14,16,23,25H,15H2,1-2H3/t23-,25+/m0/s1. The van der Waals surface area contributed by atoms with Crippen molar-refractivity contribution in [1.82, 2.24) is 5.01 Å². The van der Waals surface area contributed by atoms with E-state index in [4.69, 9.17) is 14.6 Å². The summed E-state index contributed by atoms with van der Waals surface area (Å²) in [5.74, 6) is 1.44. The molecule has 5 heteroatoms. The highest BCUT2D eigenvalue weighted by Crippen LogP contribution is 2.47. The van der Waals surface area contributed by atoms with Crippen molar-refractivity contribution in [2.75, 3.05) is 0 Å². The van der Waals surface area contributed by atoms with Gasteiger partial charge < -0.3 is 9.47 Å². The lowest BCUT2D eigenvalue weighted by Gasteiger charge is -2.38. The van der Waals surface area contributed by atoms with Crippen LogP contribution in [0.25, 0.3) is 0 Å². The van der Waals surface area contributed by atoms with E-state index in [0.717, 1.165) is 40.3 Å². The SMILES string of the molecule is CC(C)Oc1ccc(C2=NN3[C@@H](c4ccc(F)cc4)Oc4ccccc4[C@@H]3C2)cc1. The van der Waals surface area contributed by atoms with E-state index >= 15 is 0 Å². The Morgan fingerprint density at radius 2 is 1.73 bits per heavy atom. The number of fused-ring (bicyclic) bond motifs is 3. The van der Waals surface area contributed by atoms with E-state index < -0.39 is 6.23 Å². The second kappa shape index (κ2) is 7.48. The molecule has 0 bridgehead atoms. The maximum atomic E-state index is 13.5. The van der Waals surface area contributed by atoms with Crippen LogP contribution in [-0.4, -0.2) is 16.8 Å². The lowest BCUT2D eigenvalue weighted by atomic mass is 9.96. The lowest BCUT2D eigenvalue weighted by molar-refractivity contribution is -0.0190. The van der Waals surface area contributed by atoms with Crippen molar-refractivity contribution in [3.05, 3.63) is 95.3 Å². The third kappa shape index (κ3) is 3.41. The van der Waals surface area contributed by atoms with Gasteiger partial charge in [-0.3, -0.25) is 0 Å². The molecule has 5 rings (SSSR count). The summed E-state index contributed by atoms with van der Waals surface area (Å²) in [7, 11) is 0. The zero-order valence-corrected chi connectivity index (χ0v) is 17.0. The molecule has 0 unspecified atom stereocenters. The van der Waals surface area contributed by atoms with Crippen LogP contribution in [0.1, 0.15) is 49.2 Å². The minimum atomic E-state index is -0.397. The minimum absolute atomic E-state index is 0.0755. The highest BCUT2D eigenvalue weighted by molar-refractivity contribution is 6.02. The van der Waals surface area contributed by atoms with Crippen LogP contribution < -0.4 is 9.47 Å². The summed E-state index contributed by atoms with van der Waals surface area (Å²) >= 11 is 0. The first kappa shape index (κ1) is 18.7. The van der Waals surface area contributed by atoms with E-state index in [1.54, 1.807) is 12.1 Å². The molecule has 0 aromatic heterocycles. The summed E-state index contributed by atoms with van der Waals surface area (Å²) in [6, 6.07) is 22.7. The van der Waals surface area contributed by atoms with Gasteiger partial charge in [0.15, 0.2) is 0 Å². The summed E-state index contributed by atoms with van der Waals surface area (Å²) in [6.45, 7) is 4.03. The molecule has 0 fully saturated rings. The normalized spacial score (nSPS) is 19.7. The molecule has 30 heavy (non-hydrogen) atoms. The third-order valence-electron chi connectivity index (χ3n) is 5.41. The third-order valence-corrected chi connectivity index (χ3v) is 5.41. The largest absolute Gasteiger partial charge is 0.491 e. The first-order chi connectivity index (χ1) is 14.6. The van der Waals surface area contributed by atoms with Crippen LogP contribution >= 0.6 is 0 Å². The maximum Gasteiger partial charge on any atom is 0.213 e. The smallest absolute Gasteiger partial charge is 0.213 e. The first-order valence-electron chi connectivity index (χ1n) is 10.2. The van der Waals surface area contributed by atoms with Crippen molar-refractivity contribution < 1.29 is 13.9 Å². The molecule has 2 atom stereocenters. The van der Waals surface area contributed by atoms with Gasteiger partial charge in [0.05, 0.1) is 17.9 Å². The molecule has 0 saturated heterocycles. The summed E-state index contributed by atoms with van der Waals surface area (Å²) < 4.78 is 25.5. The van der Waals surface area contributed by atoms with Crippen molar-refractivity contribution >= 4 is 5.71 Å². The molecule has 152 valence electrons. The van der Waals surface area contributed by atoms with E-state index in [2.05, 4.69) is 18.2 Å². The summed E-state index contributed by atoms with van der Waals surface area (Å²) in [5.41, 5.74) is 4.07. The molecule has 0 aliphatic carbocycles. The van der Waals surface area contributed by atoms with Crippen molar-refractivity contribution in [2.24, 2.45) is 5.10 Å². The van der Waals surface area contributed by atoms with Crippen molar-refractivity contribution in [3.63, 3.8) is 0 Å². The minimum Gasteiger partial charge on any atom is -0.491 e. The predicted octanol–water partition coefficient (Wildman–Crippen LogP) is 5.86. The number of ether oxygens (including phenoxy) is 2. The van der Waals surface area contributed by atoms with Crippen LogP contribution in [0, 0.1) is 5.82 Å². The quantitative estimate of drug-likeness (QED) is 0.549. The van der Waals surface area contributed by atoms with Gasteiger partial charge in [-0.15, -0.1) is 0 Å². The highest BCUT2D eigenvalue weighted by atomic mass is 19.1. The fraction of sp³-hybridized carbons (Fsp3) is 0.240. The monoisotopic (exact) mass is 402 g/mol. The average molecular weight is 402 g/mol. The first-order valence-corrected chi connectivity index (χ1v) is 10.2. The Bertz CT molecular complexity index is 1080. The second-order valence-corrected chi connectivity index (χ2v) is 7.90. The maximum absolute atomic E-state index is 13.5. The Labute approximate surface area is 175 Å². The second-order valence-electron chi connectivity index (χ2n) is 7.90. The number of hydrogen-bond donors (Lipinski definition) is 0. The molecule has 2 aliphatic heterocycles. The Morgan fingerprint density at radius 3 is 2.47 bits per heavy atom. The van der Waals surface area contributed by atoms with E-state index in [1.165, 1.54) is 12.1 Å². The molecular weight excluding hydrogens is 379 g/mol. The number of para-hydroxylation sites is 1. The van der Waals surface area contributed by atoms with Gasteiger partial charge in [0.1, 0.15) is 17.3 Å². The molecule has 0 radical (unpaired) electrons. The molecule has 4 nitrogen and oxygen atoms in total. The Kier molecular flexibility index (Phi) is 4.66. The fourth-order valence-electron chi connectivity index (χ4n) is 4.05. The van der Waals surface area contributed by atoms with Gasteiger partial charge in [-0.1, -0.05) is 30.3 Å². The molecule has 2 aliphatic rings. The highest BCUT2D eigenvalue weighted by Gasteiger charge is 2.40. The van der Waals surface area contributed by atoms with E-state index in [-0.39, 0.29) is 18.0 Å². The molecule has 2 heterocycles. The number of rotatable bonds is 4. The Balaban J connectivity index is 1.50. The molecule has 0 amide bonds. The predicted molar refractivity (Wildman–Crippen MR) is 114 cm³/mol. The van der Waals surface area contributed by atoms with Gasteiger partial charge in [-0.2, -0.15) is 5.10 Å². The zero-order valence-electron chi connectivity index (χ0n) is 17.0. The Hall–Kier alpha value is -3.34. The fourth-order valence-corrected chi connectivity index (χ4v) is 4.05. The van der Waals surface area contributed by atoms with Crippen molar-refractivity contribution in [3.8, 4) is 11.5 Å². The van der Waals surface area contributed by atoms with Gasteiger partial charge in [-0.25, -0.2) is 9.40 Å². The average Bonchev–Trinajstić information content (AvgIpc) is 3.20. The number of nitrogens with zero attached hydrogens (tertiary/aromatic N) is 2. The number of benzene rings is 3. The lowest BCUT2D eigenvalue weighted by Crippen LogP contribution is -2.33. The van der Waals surface area contributed by atoms with Crippen molar-refractivity contribution in [2.45, 2.75) is 38.6 Å². The van der Waals surface area contributed by atoms with Crippen LogP contribution in [0.15, 0.2) is 77.9 Å². The molecule has 3 aromatic rings. The molecule has 0 spiro atoms. The number of hydrogen-bond acceptors (Lipinski definition) is 4. The van der Waals surface area contributed by atoms with Gasteiger partial charge in [-0.05, 0) is 61.9 Å². The molecule has 0 saturated carbocycles. The molecule has 0 N–H and O–H groups in total. The van der Waals surface area contributed by atoms with Gasteiger partial charge in [0.25, 0.3) is 0 Å².